The van der Waals surface area contributed by atoms with Crippen LogP contribution in [-0.4, -0.2) is 46.5 Å². The summed E-state index contributed by atoms with van der Waals surface area (Å²) < 4.78 is 64.7. The molecule has 1 unspecified atom stereocenters. The molecule has 7 nitrogen and oxygen atoms in total. The summed E-state index contributed by atoms with van der Waals surface area (Å²) in [5, 5.41) is 0.162. The van der Waals surface area contributed by atoms with Gasteiger partial charge in [-0.25, -0.2) is 0 Å². The van der Waals surface area contributed by atoms with E-state index in [2.05, 4.69) is 15.0 Å². The van der Waals surface area contributed by atoms with Gasteiger partial charge in [0.2, 0.25) is 0 Å². The number of imidazole rings is 1. The number of halogens is 3. The van der Waals surface area contributed by atoms with Crippen molar-refractivity contribution < 1.29 is 31.9 Å². The minimum atomic E-state index is -4.43. The van der Waals surface area contributed by atoms with E-state index in [1.54, 1.807) is 6.07 Å². The summed E-state index contributed by atoms with van der Waals surface area (Å²) in [5.74, 6) is 0.861. The molecule has 0 fully saturated rings. The number of methoxy groups -OCH3 is 2. The van der Waals surface area contributed by atoms with Gasteiger partial charge in [-0.05, 0) is 12.1 Å². The zero-order chi connectivity index (χ0) is 20.3. The predicted octanol–water partition coefficient (Wildman–Crippen LogP) is 3.22. The quantitative estimate of drug-likeness (QED) is 0.596. The second-order valence-corrected chi connectivity index (χ2v) is 6.97. The van der Waals surface area contributed by atoms with Gasteiger partial charge in [0, 0.05) is 29.5 Å². The number of aromatic amines is 1. The fourth-order valence-electron chi connectivity index (χ4n) is 2.47. The van der Waals surface area contributed by atoms with Gasteiger partial charge in [0.25, 0.3) is 0 Å². The summed E-state index contributed by atoms with van der Waals surface area (Å²) in [6.07, 6.45) is -2.92. The Morgan fingerprint density at radius 2 is 1.96 bits per heavy atom. The molecule has 0 aliphatic rings. The third kappa shape index (κ3) is 4.60. The molecule has 0 aliphatic carbocycles. The number of rotatable bonds is 7. The zero-order valence-electron chi connectivity index (χ0n) is 14.9. The van der Waals surface area contributed by atoms with Crippen molar-refractivity contribution in [2.24, 2.45) is 0 Å². The molecule has 0 saturated heterocycles. The standard InChI is InChI=1S/C17H16F3N3O4S/c1-25-14-5-6-21-13(15(14)26-2)8-28(24)16-22-11-4-3-10(7-12(11)23-16)27-9-17(18,19)20/h3-7H,8-9H2,1-2H3,(H,22,23). The van der Waals surface area contributed by atoms with Crippen LogP contribution >= 0.6 is 0 Å². The largest absolute Gasteiger partial charge is 0.609 e. The highest BCUT2D eigenvalue weighted by Crippen LogP contribution is 2.31. The third-order valence-corrected chi connectivity index (χ3v) is 4.85. The molecular formula is C17H16F3N3O4S. The topological polar surface area (TPSA) is 92.3 Å². The summed E-state index contributed by atoms with van der Waals surface area (Å²) in [5.41, 5.74) is 1.29. The average Bonchev–Trinajstić information content (AvgIpc) is 3.09. The number of pyridine rings is 1. The summed E-state index contributed by atoms with van der Waals surface area (Å²) in [4.78, 5) is 11.3. The van der Waals surface area contributed by atoms with Crippen LogP contribution in [0.15, 0.2) is 35.6 Å². The maximum atomic E-state index is 12.7. The van der Waals surface area contributed by atoms with Crippen LogP contribution in [0.25, 0.3) is 11.0 Å². The highest BCUT2D eigenvalue weighted by molar-refractivity contribution is 7.90. The number of nitrogens with zero attached hydrogens (tertiary/aromatic N) is 2. The molecular weight excluding hydrogens is 399 g/mol. The van der Waals surface area contributed by atoms with Crippen molar-refractivity contribution in [3.63, 3.8) is 0 Å². The minimum Gasteiger partial charge on any atom is -0.609 e. The Morgan fingerprint density at radius 1 is 1.18 bits per heavy atom. The first kappa shape index (κ1) is 20.1. The van der Waals surface area contributed by atoms with Gasteiger partial charge >= 0.3 is 11.3 Å². The number of hydrogen-bond donors (Lipinski definition) is 1. The Balaban J connectivity index is 1.80. The van der Waals surface area contributed by atoms with Crippen molar-refractivity contribution in [3.8, 4) is 17.2 Å². The molecule has 2 aromatic heterocycles. The Morgan fingerprint density at radius 3 is 2.64 bits per heavy atom. The number of H-pyrrole nitrogens is 1. The van der Waals surface area contributed by atoms with E-state index in [0.717, 1.165) is 0 Å². The molecule has 1 atom stereocenters. The van der Waals surface area contributed by atoms with Crippen molar-refractivity contribution in [2.45, 2.75) is 17.1 Å². The number of benzene rings is 1. The Kier molecular flexibility index (Phi) is 5.84. The number of nitrogens with one attached hydrogen (secondary N) is 1. The van der Waals surface area contributed by atoms with E-state index in [9.17, 15) is 17.7 Å². The van der Waals surface area contributed by atoms with Crippen LogP contribution in [-0.2, 0) is 16.9 Å². The van der Waals surface area contributed by atoms with Crippen LogP contribution in [0, 0.1) is 0 Å². The highest BCUT2D eigenvalue weighted by Gasteiger charge is 2.28. The number of fused-ring (bicyclic) bond motifs is 1. The normalized spacial score (nSPS) is 12.8. The van der Waals surface area contributed by atoms with Crippen LogP contribution in [0.3, 0.4) is 0 Å². The van der Waals surface area contributed by atoms with Gasteiger partial charge in [-0.15, -0.1) is 0 Å². The lowest BCUT2D eigenvalue weighted by atomic mass is 10.3. The maximum Gasteiger partial charge on any atom is 0.422 e. The van der Waals surface area contributed by atoms with E-state index in [1.165, 1.54) is 38.6 Å². The van der Waals surface area contributed by atoms with Crippen LogP contribution in [0.2, 0.25) is 0 Å². The molecule has 2 heterocycles. The van der Waals surface area contributed by atoms with E-state index < -0.39 is 24.0 Å². The van der Waals surface area contributed by atoms with E-state index in [1.807, 2.05) is 0 Å². The molecule has 150 valence electrons. The Hall–Kier alpha value is -2.66. The van der Waals surface area contributed by atoms with Crippen molar-refractivity contribution in [1.82, 2.24) is 15.0 Å². The number of hydrogen-bond acceptors (Lipinski definition) is 6. The first-order valence-corrected chi connectivity index (χ1v) is 9.26. The maximum absolute atomic E-state index is 12.7. The molecule has 1 aromatic carbocycles. The van der Waals surface area contributed by atoms with Crippen LogP contribution in [0.4, 0.5) is 13.2 Å². The van der Waals surface area contributed by atoms with Crippen molar-refractivity contribution >= 4 is 22.2 Å². The summed E-state index contributed by atoms with van der Waals surface area (Å²) >= 11 is -1.60. The summed E-state index contributed by atoms with van der Waals surface area (Å²) in [6, 6.07) is 5.86. The van der Waals surface area contributed by atoms with E-state index in [0.29, 0.717) is 28.2 Å². The van der Waals surface area contributed by atoms with E-state index in [4.69, 9.17) is 14.2 Å². The molecule has 0 amide bonds. The number of alkyl halides is 3. The molecule has 0 radical (unpaired) electrons. The summed E-state index contributed by atoms with van der Waals surface area (Å²) in [6.45, 7) is -1.40. The van der Waals surface area contributed by atoms with Crippen molar-refractivity contribution in [1.29, 1.82) is 0 Å². The lowest BCUT2D eigenvalue weighted by Crippen LogP contribution is -2.19. The van der Waals surface area contributed by atoms with E-state index >= 15 is 0 Å². The van der Waals surface area contributed by atoms with Gasteiger partial charge < -0.3 is 18.8 Å². The molecule has 3 rings (SSSR count). The van der Waals surface area contributed by atoms with Crippen LogP contribution in [0.1, 0.15) is 5.69 Å². The zero-order valence-corrected chi connectivity index (χ0v) is 15.7. The highest BCUT2D eigenvalue weighted by atomic mass is 32.2. The van der Waals surface area contributed by atoms with Gasteiger partial charge in [0.05, 0.1) is 25.3 Å². The molecule has 28 heavy (non-hydrogen) atoms. The molecule has 1 N–H and O–H groups in total. The van der Waals surface area contributed by atoms with Crippen LogP contribution in [0.5, 0.6) is 17.2 Å². The number of aromatic nitrogens is 3. The average molecular weight is 415 g/mol. The third-order valence-electron chi connectivity index (χ3n) is 3.68. The van der Waals surface area contributed by atoms with Gasteiger partial charge in [-0.3, -0.25) is 9.97 Å². The molecule has 0 aliphatic heterocycles. The number of ether oxygens (including phenoxy) is 3. The van der Waals surface area contributed by atoms with Gasteiger partial charge in [0.1, 0.15) is 11.4 Å². The Bertz CT molecular complexity index is 964. The van der Waals surface area contributed by atoms with Gasteiger partial charge in [-0.2, -0.15) is 18.2 Å². The minimum absolute atomic E-state index is 0.0115. The fraction of sp³-hybridized carbons (Fsp3) is 0.294. The molecule has 11 heteroatoms. The smallest absolute Gasteiger partial charge is 0.422 e. The molecule has 3 aromatic rings. The predicted molar refractivity (Wildman–Crippen MR) is 95.1 cm³/mol. The molecule has 0 saturated carbocycles. The Labute approximate surface area is 161 Å². The SMILES string of the molecule is COc1ccnc(C[S+]([O-])c2nc3cc(OCC(F)(F)F)ccc3[nH]2)c1OC. The van der Waals surface area contributed by atoms with Gasteiger partial charge in [0.15, 0.2) is 23.9 Å². The second kappa shape index (κ2) is 8.15. The van der Waals surface area contributed by atoms with Gasteiger partial charge in [-0.1, -0.05) is 0 Å². The first-order chi connectivity index (χ1) is 13.3. The first-order valence-electron chi connectivity index (χ1n) is 7.94. The van der Waals surface area contributed by atoms with Crippen LogP contribution < -0.4 is 14.2 Å². The lowest BCUT2D eigenvalue weighted by Gasteiger charge is -2.12. The van der Waals surface area contributed by atoms with Crippen molar-refractivity contribution in [2.75, 3.05) is 20.8 Å². The summed E-state index contributed by atoms with van der Waals surface area (Å²) in [7, 11) is 2.94. The fourth-order valence-corrected chi connectivity index (χ4v) is 3.49. The monoisotopic (exact) mass is 415 g/mol. The second-order valence-electron chi connectivity index (χ2n) is 5.61. The van der Waals surface area contributed by atoms with E-state index in [-0.39, 0.29) is 16.7 Å². The lowest BCUT2D eigenvalue weighted by molar-refractivity contribution is -0.153. The molecule has 0 bridgehead atoms. The van der Waals surface area contributed by atoms with Crippen molar-refractivity contribution in [3.05, 3.63) is 36.2 Å². The molecule has 0 spiro atoms.